The zero-order chi connectivity index (χ0) is 22.1. The Morgan fingerprint density at radius 3 is 2.48 bits per heavy atom. The molecule has 0 aliphatic carbocycles. The van der Waals surface area contributed by atoms with E-state index >= 15 is 0 Å². The van der Waals surface area contributed by atoms with Crippen LogP contribution in [0.3, 0.4) is 0 Å². The molecule has 0 N–H and O–H groups in total. The Bertz CT molecular complexity index is 1140. The lowest BCUT2D eigenvalue weighted by molar-refractivity contribution is -0.127. The number of aryl methyl sites for hydroxylation is 1. The van der Waals surface area contributed by atoms with Crippen molar-refractivity contribution in [2.75, 3.05) is 40.3 Å². The fourth-order valence-corrected chi connectivity index (χ4v) is 4.11. The number of fused-ring (bicyclic) bond motifs is 1. The molecule has 0 spiro atoms. The number of likely N-dealkylation sites (N-methyl/N-ethyl adjacent to an activating group) is 1. The molecule has 0 bridgehead atoms. The van der Waals surface area contributed by atoms with Crippen molar-refractivity contribution in [2.24, 2.45) is 0 Å². The predicted molar refractivity (Wildman–Crippen MR) is 121 cm³/mol. The zero-order valence-electron chi connectivity index (χ0n) is 18.4. The number of piperazine rings is 1. The topological polar surface area (TPSA) is 45.9 Å². The maximum Gasteiger partial charge on any atom is 0.246 e. The standard InChI is InChI=1S/C25H27FN2O3/c1-16(13-23(29)28-11-9-27(3)10-12-28)20-14-21-22(18-5-7-19(26)8-6-18)15-31-25(21)17(2)24(20)30-4/h5-8,13-15H,9-12H2,1-4H3/b16-13+. The molecule has 31 heavy (non-hydrogen) atoms. The molecule has 0 unspecified atom stereocenters. The Kier molecular flexibility index (Phi) is 5.83. The molecule has 2 aromatic carbocycles. The molecule has 5 nitrogen and oxygen atoms in total. The maximum atomic E-state index is 13.4. The molecular weight excluding hydrogens is 395 g/mol. The smallest absolute Gasteiger partial charge is 0.246 e. The number of carbonyl (C=O) groups excluding carboxylic acids is 1. The van der Waals surface area contributed by atoms with E-state index in [-0.39, 0.29) is 11.7 Å². The van der Waals surface area contributed by atoms with Gasteiger partial charge in [-0.3, -0.25) is 4.79 Å². The van der Waals surface area contributed by atoms with Gasteiger partial charge in [-0.15, -0.1) is 0 Å². The van der Waals surface area contributed by atoms with Gasteiger partial charge in [-0.2, -0.15) is 0 Å². The van der Waals surface area contributed by atoms with E-state index in [9.17, 15) is 9.18 Å². The third-order valence-electron chi connectivity index (χ3n) is 5.98. The van der Waals surface area contributed by atoms with Gasteiger partial charge in [0.2, 0.25) is 5.91 Å². The minimum absolute atomic E-state index is 0.0105. The third kappa shape index (κ3) is 4.08. The molecule has 4 rings (SSSR count). The highest BCUT2D eigenvalue weighted by atomic mass is 19.1. The van der Waals surface area contributed by atoms with Gasteiger partial charge in [-0.25, -0.2) is 4.39 Å². The average molecular weight is 423 g/mol. The second-order valence-corrected chi connectivity index (χ2v) is 8.07. The first-order valence-electron chi connectivity index (χ1n) is 10.4. The number of nitrogens with zero attached hydrogens (tertiary/aromatic N) is 2. The van der Waals surface area contributed by atoms with Crippen molar-refractivity contribution in [3.63, 3.8) is 0 Å². The molecule has 1 fully saturated rings. The lowest BCUT2D eigenvalue weighted by atomic mass is 9.96. The Hall–Kier alpha value is -3.12. The van der Waals surface area contributed by atoms with Gasteiger partial charge < -0.3 is 19.0 Å². The van der Waals surface area contributed by atoms with Gasteiger partial charge in [0.25, 0.3) is 0 Å². The minimum atomic E-state index is -0.281. The first-order chi connectivity index (χ1) is 14.9. The summed E-state index contributed by atoms with van der Waals surface area (Å²) in [6.45, 7) is 7.08. The Morgan fingerprint density at radius 2 is 1.84 bits per heavy atom. The summed E-state index contributed by atoms with van der Waals surface area (Å²) in [7, 11) is 3.69. The van der Waals surface area contributed by atoms with Crippen molar-refractivity contribution in [1.29, 1.82) is 0 Å². The van der Waals surface area contributed by atoms with Gasteiger partial charge in [0.15, 0.2) is 0 Å². The van der Waals surface area contributed by atoms with Crippen molar-refractivity contribution in [3.05, 3.63) is 59.6 Å². The van der Waals surface area contributed by atoms with E-state index in [2.05, 4.69) is 11.9 Å². The van der Waals surface area contributed by atoms with Crippen LogP contribution in [-0.2, 0) is 4.79 Å². The van der Waals surface area contributed by atoms with Crippen LogP contribution in [0.4, 0.5) is 4.39 Å². The molecule has 6 heteroatoms. The number of benzene rings is 2. The van der Waals surface area contributed by atoms with Crippen LogP contribution in [-0.4, -0.2) is 56.0 Å². The van der Waals surface area contributed by atoms with E-state index in [1.54, 1.807) is 31.6 Å². The summed E-state index contributed by atoms with van der Waals surface area (Å²) < 4.78 is 24.9. The second kappa shape index (κ2) is 8.55. The zero-order valence-corrected chi connectivity index (χ0v) is 18.4. The highest BCUT2D eigenvalue weighted by molar-refractivity contribution is 6.01. The monoisotopic (exact) mass is 422 g/mol. The third-order valence-corrected chi connectivity index (χ3v) is 5.98. The Balaban J connectivity index is 1.76. The average Bonchev–Trinajstić information content (AvgIpc) is 3.19. The highest BCUT2D eigenvalue weighted by Crippen LogP contribution is 2.40. The number of carbonyl (C=O) groups is 1. The van der Waals surface area contributed by atoms with Crippen LogP contribution in [0.5, 0.6) is 5.75 Å². The van der Waals surface area contributed by atoms with Crippen molar-refractivity contribution in [3.8, 4) is 16.9 Å². The number of furan rings is 1. The van der Waals surface area contributed by atoms with Crippen LogP contribution >= 0.6 is 0 Å². The number of hydrogen-bond acceptors (Lipinski definition) is 4. The molecule has 0 atom stereocenters. The van der Waals surface area contributed by atoms with Crippen molar-refractivity contribution in [2.45, 2.75) is 13.8 Å². The number of amides is 1. The van der Waals surface area contributed by atoms with Crippen molar-refractivity contribution < 1.29 is 18.3 Å². The molecule has 0 saturated carbocycles. The maximum absolute atomic E-state index is 13.4. The molecule has 3 aromatic rings. The Labute approximate surface area is 181 Å². The second-order valence-electron chi connectivity index (χ2n) is 8.07. The number of ether oxygens (including phenoxy) is 1. The molecular formula is C25H27FN2O3. The highest BCUT2D eigenvalue weighted by Gasteiger charge is 2.21. The molecule has 0 radical (unpaired) electrons. The predicted octanol–water partition coefficient (Wildman–Crippen LogP) is 4.73. The summed E-state index contributed by atoms with van der Waals surface area (Å²) in [6, 6.07) is 8.33. The fraction of sp³-hybridized carbons (Fsp3) is 0.320. The molecule has 1 aromatic heterocycles. The quantitative estimate of drug-likeness (QED) is 0.570. The van der Waals surface area contributed by atoms with Crippen LogP contribution in [0.25, 0.3) is 27.7 Å². The minimum Gasteiger partial charge on any atom is -0.496 e. The number of methoxy groups -OCH3 is 1. The normalized spacial score (nSPS) is 15.5. The van der Waals surface area contributed by atoms with Gasteiger partial charge in [0.1, 0.15) is 17.1 Å². The number of halogens is 1. The lowest BCUT2D eigenvalue weighted by Gasteiger charge is -2.31. The van der Waals surface area contributed by atoms with Crippen molar-refractivity contribution >= 4 is 22.4 Å². The van der Waals surface area contributed by atoms with Gasteiger partial charge in [0.05, 0.1) is 13.4 Å². The SMILES string of the molecule is COc1c(/C(C)=C/C(=O)N2CCN(C)CC2)cc2c(-c3ccc(F)cc3)coc2c1C. The summed E-state index contributed by atoms with van der Waals surface area (Å²) in [5, 5.41) is 0.903. The van der Waals surface area contributed by atoms with Crippen LogP contribution in [0.1, 0.15) is 18.1 Å². The van der Waals surface area contributed by atoms with Gasteiger partial charge in [-0.05, 0) is 50.2 Å². The van der Waals surface area contributed by atoms with Crippen LogP contribution < -0.4 is 4.74 Å². The molecule has 1 aliphatic rings. The van der Waals surface area contributed by atoms with Gasteiger partial charge in [0, 0.05) is 54.3 Å². The van der Waals surface area contributed by atoms with Crippen LogP contribution in [0.2, 0.25) is 0 Å². The van der Waals surface area contributed by atoms with E-state index in [4.69, 9.17) is 9.15 Å². The summed E-state index contributed by atoms with van der Waals surface area (Å²) in [5.74, 6) is 0.417. The number of hydrogen-bond donors (Lipinski definition) is 0. The van der Waals surface area contributed by atoms with Crippen LogP contribution in [0.15, 0.2) is 47.1 Å². The first-order valence-corrected chi connectivity index (χ1v) is 10.4. The molecule has 1 saturated heterocycles. The molecule has 1 amide bonds. The summed E-state index contributed by atoms with van der Waals surface area (Å²) in [5.41, 5.74) is 5.00. The van der Waals surface area contributed by atoms with Crippen molar-refractivity contribution in [1.82, 2.24) is 9.80 Å². The molecule has 2 heterocycles. The molecule has 162 valence electrons. The first kappa shape index (κ1) is 21.1. The Morgan fingerprint density at radius 1 is 1.16 bits per heavy atom. The number of rotatable bonds is 4. The van der Waals surface area contributed by atoms with E-state index in [1.165, 1.54) is 12.1 Å². The van der Waals surface area contributed by atoms with E-state index in [0.717, 1.165) is 65.0 Å². The van der Waals surface area contributed by atoms with Gasteiger partial charge >= 0.3 is 0 Å². The van der Waals surface area contributed by atoms with E-state index in [1.807, 2.05) is 24.8 Å². The lowest BCUT2D eigenvalue weighted by Crippen LogP contribution is -2.46. The van der Waals surface area contributed by atoms with E-state index in [0.29, 0.717) is 5.75 Å². The molecule has 1 aliphatic heterocycles. The number of allylic oxidation sites excluding steroid dienone is 1. The summed E-state index contributed by atoms with van der Waals surface area (Å²) in [6.07, 6.45) is 3.37. The van der Waals surface area contributed by atoms with E-state index < -0.39 is 0 Å². The summed E-state index contributed by atoms with van der Waals surface area (Å²) in [4.78, 5) is 16.9. The van der Waals surface area contributed by atoms with Crippen LogP contribution in [0, 0.1) is 12.7 Å². The van der Waals surface area contributed by atoms with Gasteiger partial charge in [-0.1, -0.05) is 12.1 Å². The largest absolute Gasteiger partial charge is 0.496 e. The summed E-state index contributed by atoms with van der Waals surface area (Å²) >= 11 is 0. The fourth-order valence-electron chi connectivity index (χ4n) is 4.11.